The number of rotatable bonds is 3. The van der Waals surface area contributed by atoms with Crippen LogP contribution in [0.4, 0.5) is 23.2 Å². The van der Waals surface area contributed by atoms with Gasteiger partial charge in [0.1, 0.15) is 11.6 Å². The lowest BCUT2D eigenvalue weighted by Gasteiger charge is -2.09. The monoisotopic (exact) mass is 289 g/mol. The summed E-state index contributed by atoms with van der Waals surface area (Å²) in [6, 6.07) is 5.54. The molecule has 0 aliphatic carbocycles. The normalized spacial score (nSPS) is 10.6. The molecule has 19 heavy (non-hydrogen) atoms. The van der Waals surface area contributed by atoms with Gasteiger partial charge in [-0.05, 0) is 6.07 Å². The highest BCUT2D eigenvalue weighted by Crippen LogP contribution is 2.22. The lowest BCUT2D eigenvalue weighted by Crippen LogP contribution is -2.05. The minimum Gasteiger partial charge on any atom is -0.378 e. The quantitative estimate of drug-likeness (QED) is 0.647. The molecular formula is C13H8ClF4N. The van der Waals surface area contributed by atoms with Gasteiger partial charge in [0.2, 0.25) is 0 Å². The fourth-order valence-corrected chi connectivity index (χ4v) is 1.75. The Morgan fingerprint density at radius 2 is 1.74 bits per heavy atom. The van der Waals surface area contributed by atoms with Crippen LogP contribution in [0.25, 0.3) is 0 Å². The van der Waals surface area contributed by atoms with Gasteiger partial charge in [-0.15, -0.1) is 0 Å². The maximum atomic E-state index is 13.5. The van der Waals surface area contributed by atoms with Gasteiger partial charge in [-0.3, -0.25) is 0 Å². The van der Waals surface area contributed by atoms with Gasteiger partial charge in [-0.25, -0.2) is 17.6 Å². The Labute approximate surface area is 111 Å². The summed E-state index contributed by atoms with van der Waals surface area (Å²) in [5.74, 6) is -4.11. The minimum atomic E-state index is -1.31. The summed E-state index contributed by atoms with van der Waals surface area (Å²) < 4.78 is 52.8. The molecule has 0 saturated carbocycles. The molecule has 0 radical (unpaired) electrons. The van der Waals surface area contributed by atoms with Crippen LogP contribution in [0.1, 0.15) is 5.56 Å². The van der Waals surface area contributed by atoms with Crippen molar-refractivity contribution in [3.8, 4) is 0 Å². The zero-order chi connectivity index (χ0) is 14.0. The molecule has 0 saturated heterocycles. The third-order valence-corrected chi connectivity index (χ3v) is 2.79. The van der Waals surface area contributed by atoms with E-state index in [4.69, 9.17) is 11.6 Å². The molecule has 0 heterocycles. The molecule has 0 atom stereocenters. The largest absolute Gasteiger partial charge is 0.378 e. The molecule has 0 aliphatic heterocycles. The van der Waals surface area contributed by atoms with Gasteiger partial charge >= 0.3 is 0 Å². The Balaban J connectivity index is 2.21. The van der Waals surface area contributed by atoms with Crippen LogP contribution < -0.4 is 5.32 Å². The van der Waals surface area contributed by atoms with Crippen LogP contribution in [0.3, 0.4) is 0 Å². The van der Waals surface area contributed by atoms with Crippen molar-refractivity contribution in [1.29, 1.82) is 0 Å². The first-order valence-electron chi connectivity index (χ1n) is 5.30. The van der Waals surface area contributed by atoms with Crippen LogP contribution in [0.5, 0.6) is 0 Å². The van der Waals surface area contributed by atoms with Gasteiger partial charge in [0.15, 0.2) is 11.6 Å². The number of benzene rings is 2. The highest BCUT2D eigenvalue weighted by Gasteiger charge is 2.12. The number of nitrogens with one attached hydrogen (secondary N) is 1. The highest BCUT2D eigenvalue weighted by molar-refractivity contribution is 6.30. The lowest BCUT2D eigenvalue weighted by molar-refractivity contribution is 0.497. The van der Waals surface area contributed by atoms with Crippen LogP contribution in [0.15, 0.2) is 30.3 Å². The molecule has 0 unspecified atom stereocenters. The first-order chi connectivity index (χ1) is 8.99. The molecule has 100 valence electrons. The van der Waals surface area contributed by atoms with Crippen molar-refractivity contribution in [3.05, 3.63) is 64.2 Å². The second-order valence-corrected chi connectivity index (χ2v) is 4.22. The molecule has 0 aliphatic rings. The van der Waals surface area contributed by atoms with E-state index in [2.05, 4.69) is 5.32 Å². The van der Waals surface area contributed by atoms with Gasteiger partial charge in [0, 0.05) is 24.2 Å². The van der Waals surface area contributed by atoms with Crippen LogP contribution in [0, 0.1) is 23.3 Å². The predicted molar refractivity (Wildman–Crippen MR) is 65.1 cm³/mol. The first kappa shape index (κ1) is 13.7. The van der Waals surface area contributed by atoms with Crippen LogP contribution in [-0.4, -0.2) is 0 Å². The van der Waals surface area contributed by atoms with Crippen molar-refractivity contribution in [2.75, 3.05) is 5.32 Å². The number of hydrogen-bond donors (Lipinski definition) is 1. The van der Waals surface area contributed by atoms with E-state index in [1.807, 2.05) is 0 Å². The molecular weight excluding hydrogens is 282 g/mol. The molecule has 0 amide bonds. The van der Waals surface area contributed by atoms with Gasteiger partial charge in [-0.1, -0.05) is 23.7 Å². The Morgan fingerprint density at radius 1 is 1.00 bits per heavy atom. The molecule has 2 aromatic carbocycles. The highest BCUT2D eigenvalue weighted by atomic mass is 35.5. The molecule has 0 bridgehead atoms. The third kappa shape index (κ3) is 2.98. The lowest BCUT2D eigenvalue weighted by atomic mass is 10.2. The fraction of sp³-hybridized carbons (Fsp3) is 0.0769. The summed E-state index contributed by atoms with van der Waals surface area (Å²) in [6.07, 6.45) is 0. The summed E-state index contributed by atoms with van der Waals surface area (Å²) in [7, 11) is 0. The molecule has 0 aromatic heterocycles. The predicted octanol–water partition coefficient (Wildman–Crippen LogP) is 4.51. The standard InChI is InChI=1S/C13H8ClF4N/c14-9-3-1-2-7(12(9)17)6-19-11-5-8(15)4-10(16)13(11)18/h1-5,19H,6H2. The van der Waals surface area contributed by atoms with E-state index >= 15 is 0 Å². The zero-order valence-electron chi connectivity index (χ0n) is 9.48. The van der Waals surface area contributed by atoms with E-state index < -0.39 is 23.3 Å². The smallest absolute Gasteiger partial charge is 0.182 e. The van der Waals surface area contributed by atoms with Crippen LogP contribution >= 0.6 is 11.6 Å². The topological polar surface area (TPSA) is 12.0 Å². The molecule has 2 rings (SSSR count). The van der Waals surface area contributed by atoms with Gasteiger partial charge in [0.25, 0.3) is 0 Å². The molecule has 6 heteroatoms. The van der Waals surface area contributed by atoms with Crippen LogP contribution in [-0.2, 0) is 6.54 Å². The van der Waals surface area contributed by atoms with E-state index in [9.17, 15) is 17.6 Å². The maximum absolute atomic E-state index is 13.5. The summed E-state index contributed by atoms with van der Waals surface area (Å²) in [6.45, 7) is -0.147. The average molecular weight is 290 g/mol. The van der Waals surface area contributed by atoms with Crippen molar-refractivity contribution in [2.24, 2.45) is 0 Å². The van der Waals surface area contributed by atoms with Crippen molar-refractivity contribution >= 4 is 17.3 Å². The van der Waals surface area contributed by atoms with E-state index in [1.54, 1.807) is 0 Å². The molecule has 2 aromatic rings. The zero-order valence-corrected chi connectivity index (χ0v) is 10.2. The van der Waals surface area contributed by atoms with Gasteiger partial charge in [-0.2, -0.15) is 0 Å². The van der Waals surface area contributed by atoms with Gasteiger partial charge < -0.3 is 5.32 Å². The minimum absolute atomic E-state index is 0.0785. The van der Waals surface area contributed by atoms with E-state index in [1.165, 1.54) is 18.2 Å². The van der Waals surface area contributed by atoms with E-state index in [-0.39, 0.29) is 22.8 Å². The van der Waals surface area contributed by atoms with Crippen molar-refractivity contribution in [1.82, 2.24) is 0 Å². The Kier molecular flexibility index (Phi) is 3.95. The maximum Gasteiger partial charge on any atom is 0.182 e. The van der Waals surface area contributed by atoms with E-state index in [0.29, 0.717) is 6.07 Å². The second kappa shape index (κ2) is 5.48. The Morgan fingerprint density at radius 3 is 2.47 bits per heavy atom. The van der Waals surface area contributed by atoms with Crippen molar-refractivity contribution in [3.63, 3.8) is 0 Å². The molecule has 1 N–H and O–H groups in total. The summed E-state index contributed by atoms with van der Waals surface area (Å²) >= 11 is 5.58. The Bertz CT molecular complexity index is 616. The van der Waals surface area contributed by atoms with Crippen molar-refractivity contribution < 1.29 is 17.6 Å². The van der Waals surface area contributed by atoms with Crippen LogP contribution in [0.2, 0.25) is 5.02 Å². The molecule has 0 fully saturated rings. The first-order valence-corrected chi connectivity index (χ1v) is 5.68. The summed E-state index contributed by atoms with van der Waals surface area (Å²) in [4.78, 5) is 0. The SMILES string of the molecule is Fc1cc(F)c(F)c(NCc2cccc(Cl)c2F)c1. The fourth-order valence-electron chi connectivity index (χ4n) is 1.56. The van der Waals surface area contributed by atoms with Crippen molar-refractivity contribution in [2.45, 2.75) is 6.54 Å². The number of hydrogen-bond acceptors (Lipinski definition) is 1. The summed E-state index contributed by atoms with van der Waals surface area (Å²) in [5.41, 5.74) is -0.214. The molecule has 1 nitrogen and oxygen atoms in total. The van der Waals surface area contributed by atoms with Gasteiger partial charge in [0.05, 0.1) is 10.7 Å². The Hall–Kier alpha value is -1.75. The van der Waals surface area contributed by atoms with E-state index in [0.717, 1.165) is 6.07 Å². The second-order valence-electron chi connectivity index (χ2n) is 3.82. The average Bonchev–Trinajstić information content (AvgIpc) is 2.36. The number of anilines is 1. The molecule has 0 spiro atoms. The summed E-state index contributed by atoms with van der Waals surface area (Å²) in [5, 5.41) is 2.35. The third-order valence-electron chi connectivity index (χ3n) is 2.49. The number of halogens is 5.